The van der Waals surface area contributed by atoms with Crippen LogP contribution in [0.1, 0.15) is 47.3 Å². The Kier molecular flexibility index (Phi) is 4.81. The molecule has 0 aromatic heterocycles. The topological polar surface area (TPSA) is 53.3 Å². The van der Waals surface area contributed by atoms with E-state index in [9.17, 15) is 4.79 Å². The molecule has 1 saturated heterocycles. The molecule has 0 spiro atoms. The van der Waals surface area contributed by atoms with Gasteiger partial charge in [0.05, 0.1) is 24.3 Å². The van der Waals surface area contributed by atoms with Gasteiger partial charge in [-0.15, -0.1) is 0 Å². The molecule has 0 N–H and O–H groups in total. The summed E-state index contributed by atoms with van der Waals surface area (Å²) in [7, 11) is 0. The maximum Gasteiger partial charge on any atom is 0.254 e. The van der Waals surface area contributed by atoms with E-state index in [2.05, 4.69) is 6.07 Å². The van der Waals surface area contributed by atoms with E-state index in [0.29, 0.717) is 17.7 Å². The molecule has 2 aromatic rings. The fourth-order valence-corrected chi connectivity index (χ4v) is 3.16. The number of benzene rings is 2. The molecule has 1 amide bonds. The Labute approximate surface area is 142 Å². The van der Waals surface area contributed by atoms with Crippen LogP contribution < -0.4 is 4.74 Å². The SMILES string of the molecule is CCOc1ccc([C@@H]2CCCN2C(=O)c2ccc(C#N)cc2)cc1. The summed E-state index contributed by atoms with van der Waals surface area (Å²) in [5, 5.41) is 8.87. The van der Waals surface area contributed by atoms with Crippen molar-refractivity contribution in [1.82, 2.24) is 4.90 Å². The van der Waals surface area contributed by atoms with E-state index >= 15 is 0 Å². The second kappa shape index (κ2) is 7.18. The molecule has 0 radical (unpaired) electrons. The van der Waals surface area contributed by atoms with Crippen molar-refractivity contribution in [2.45, 2.75) is 25.8 Å². The van der Waals surface area contributed by atoms with Crippen LogP contribution in [-0.2, 0) is 0 Å². The Morgan fingerprint density at radius 3 is 2.54 bits per heavy atom. The lowest BCUT2D eigenvalue weighted by Gasteiger charge is -2.25. The molecular weight excluding hydrogens is 300 g/mol. The van der Waals surface area contributed by atoms with E-state index in [4.69, 9.17) is 10.00 Å². The Balaban J connectivity index is 1.79. The highest BCUT2D eigenvalue weighted by Crippen LogP contribution is 2.33. The summed E-state index contributed by atoms with van der Waals surface area (Å²) in [6, 6.07) is 17.0. The molecule has 0 bridgehead atoms. The number of nitrogens with zero attached hydrogens (tertiary/aromatic N) is 2. The van der Waals surface area contributed by atoms with Crippen LogP contribution in [0.4, 0.5) is 0 Å². The number of amides is 1. The molecular formula is C20H20N2O2. The lowest BCUT2D eigenvalue weighted by Crippen LogP contribution is -2.30. The molecule has 2 aromatic carbocycles. The van der Waals surface area contributed by atoms with Gasteiger partial charge in [-0.1, -0.05) is 12.1 Å². The molecule has 1 aliphatic heterocycles. The highest BCUT2D eigenvalue weighted by molar-refractivity contribution is 5.94. The van der Waals surface area contributed by atoms with Crippen LogP contribution in [0.15, 0.2) is 48.5 Å². The largest absolute Gasteiger partial charge is 0.494 e. The minimum atomic E-state index is 0.0240. The van der Waals surface area contributed by atoms with E-state index in [1.54, 1.807) is 24.3 Å². The van der Waals surface area contributed by atoms with E-state index < -0.39 is 0 Å². The van der Waals surface area contributed by atoms with Crippen LogP contribution >= 0.6 is 0 Å². The second-order valence-corrected chi connectivity index (χ2v) is 5.85. The highest BCUT2D eigenvalue weighted by Gasteiger charge is 2.30. The number of hydrogen-bond acceptors (Lipinski definition) is 3. The average molecular weight is 320 g/mol. The standard InChI is InChI=1S/C20H20N2O2/c1-2-24-18-11-9-16(10-12-18)19-4-3-13-22(19)20(23)17-7-5-15(14-21)6-8-17/h5-12,19H,2-4,13H2,1H3/t19-/m0/s1. The summed E-state index contributed by atoms with van der Waals surface area (Å²) in [6.45, 7) is 3.37. The Hall–Kier alpha value is -2.80. The number of rotatable bonds is 4. The molecule has 24 heavy (non-hydrogen) atoms. The normalized spacial score (nSPS) is 16.7. The van der Waals surface area contributed by atoms with E-state index in [0.717, 1.165) is 30.7 Å². The summed E-state index contributed by atoms with van der Waals surface area (Å²) >= 11 is 0. The molecule has 0 saturated carbocycles. The molecule has 1 fully saturated rings. The Morgan fingerprint density at radius 1 is 1.21 bits per heavy atom. The van der Waals surface area contributed by atoms with Crippen molar-refractivity contribution in [3.63, 3.8) is 0 Å². The van der Waals surface area contributed by atoms with Crippen LogP contribution in [0.25, 0.3) is 0 Å². The molecule has 4 nitrogen and oxygen atoms in total. The zero-order valence-electron chi connectivity index (χ0n) is 13.7. The van der Waals surface area contributed by atoms with E-state index in [1.165, 1.54) is 0 Å². The van der Waals surface area contributed by atoms with E-state index in [-0.39, 0.29) is 11.9 Å². The van der Waals surface area contributed by atoms with Gasteiger partial charge in [-0.25, -0.2) is 0 Å². The number of nitriles is 1. The van der Waals surface area contributed by atoms with Crippen molar-refractivity contribution in [1.29, 1.82) is 5.26 Å². The molecule has 1 aliphatic rings. The fraction of sp³-hybridized carbons (Fsp3) is 0.300. The summed E-state index contributed by atoms with van der Waals surface area (Å²) in [4.78, 5) is 14.7. The van der Waals surface area contributed by atoms with Crippen molar-refractivity contribution in [3.05, 3.63) is 65.2 Å². The van der Waals surface area contributed by atoms with Crippen LogP contribution in [0.3, 0.4) is 0 Å². The smallest absolute Gasteiger partial charge is 0.254 e. The zero-order chi connectivity index (χ0) is 16.9. The molecule has 3 rings (SSSR count). The van der Waals surface area contributed by atoms with Crippen molar-refractivity contribution in [3.8, 4) is 11.8 Å². The predicted octanol–water partition coefficient (Wildman–Crippen LogP) is 3.93. The molecule has 1 atom stereocenters. The minimum Gasteiger partial charge on any atom is -0.494 e. The van der Waals surface area contributed by atoms with Gasteiger partial charge in [0.25, 0.3) is 5.91 Å². The summed E-state index contributed by atoms with van der Waals surface area (Å²) in [5.41, 5.74) is 2.33. The molecule has 4 heteroatoms. The number of likely N-dealkylation sites (tertiary alicyclic amines) is 1. The summed E-state index contributed by atoms with van der Waals surface area (Å²) in [6.07, 6.45) is 1.97. The van der Waals surface area contributed by atoms with Crippen LogP contribution in [0.5, 0.6) is 5.75 Å². The van der Waals surface area contributed by atoms with Gasteiger partial charge in [-0.2, -0.15) is 5.26 Å². The monoisotopic (exact) mass is 320 g/mol. The fourth-order valence-electron chi connectivity index (χ4n) is 3.16. The zero-order valence-corrected chi connectivity index (χ0v) is 13.7. The number of hydrogen-bond donors (Lipinski definition) is 0. The molecule has 0 unspecified atom stereocenters. The van der Waals surface area contributed by atoms with Gasteiger partial charge >= 0.3 is 0 Å². The van der Waals surface area contributed by atoms with E-state index in [1.807, 2.05) is 36.1 Å². The van der Waals surface area contributed by atoms with Crippen LogP contribution in [0.2, 0.25) is 0 Å². The number of carbonyl (C=O) groups excluding carboxylic acids is 1. The van der Waals surface area contributed by atoms with Gasteiger partial charge in [-0.05, 0) is 61.7 Å². The molecule has 1 heterocycles. The van der Waals surface area contributed by atoms with Crippen molar-refractivity contribution in [2.75, 3.05) is 13.2 Å². The van der Waals surface area contributed by atoms with Gasteiger partial charge in [0.1, 0.15) is 5.75 Å². The third kappa shape index (κ3) is 3.26. The first-order valence-corrected chi connectivity index (χ1v) is 8.27. The highest BCUT2D eigenvalue weighted by atomic mass is 16.5. The number of ether oxygens (including phenoxy) is 1. The number of carbonyl (C=O) groups is 1. The first kappa shape index (κ1) is 16.1. The average Bonchev–Trinajstić information content (AvgIpc) is 3.12. The van der Waals surface area contributed by atoms with Gasteiger partial charge < -0.3 is 9.64 Å². The van der Waals surface area contributed by atoms with Gasteiger partial charge in [0, 0.05) is 12.1 Å². The van der Waals surface area contributed by atoms with Gasteiger partial charge in [0.2, 0.25) is 0 Å². The first-order valence-electron chi connectivity index (χ1n) is 8.27. The van der Waals surface area contributed by atoms with Gasteiger partial charge in [-0.3, -0.25) is 4.79 Å². The quantitative estimate of drug-likeness (QED) is 0.857. The molecule has 122 valence electrons. The van der Waals surface area contributed by atoms with Crippen LogP contribution in [-0.4, -0.2) is 24.0 Å². The summed E-state index contributed by atoms with van der Waals surface area (Å²) in [5.74, 6) is 0.875. The van der Waals surface area contributed by atoms with Gasteiger partial charge in [0.15, 0.2) is 0 Å². The Morgan fingerprint density at radius 2 is 1.92 bits per heavy atom. The third-order valence-corrected chi connectivity index (χ3v) is 4.35. The maximum absolute atomic E-state index is 12.8. The lowest BCUT2D eigenvalue weighted by atomic mass is 10.0. The van der Waals surface area contributed by atoms with Crippen molar-refractivity contribution in [2.24, 2.45) is 0 Å². The molecule has 0 aliphatic carbocycles. The maximum atomic E-state index is 12.8. The van der Waals surface area contributed by atoms with Crippen LogP contribution in [0, 0.1) is 11.3 Å². The second-order valence-electron chi connectivity index (χ2n) is 5.85. The first-order chi connectivity index (χ1) is 11.7. The van der Waals surface area contributed by atoms with Crippen molar-refractivity contribution < 1.29 is 9.53 Å². The lowest BCUT2D eigenvalue weighted by molar-refractivity contribution is 0.0735. The van der Waals surface area contributed by atoms with Crippen molar-refractivity contribution >= 4 is 5.91 Å². The third-order valence-electron chi connectivity index (χ3n) is 4.35. The predicted molar refractivity (Wildman–Crippen MR) is 91.8 cm³/mol. The minimum absolute atomic E-state index is 0.0240. The Bertz CT molecular complexity index is 745. The summed E-state index contributed by atoms with van der Waals surface area (Å²) < 4.78 is 5.48.